The zero-order valence-corrected chi connectivity index (χ0v) is 14.8. The van der Waals surface area contributed by atoms with Crippen molar-refractivity contribution < 1.29 is 27.1 Å². The summed E-state index contributed by atoms with van der Waals surface area (Å²) in [5.41, 5.74) is 0.545. The van der Waals surface area contributed by atoms with E-state index in [0.717, 1.165) is 0 Å². The Morgan fingerprint density at radius 2 is 2.00 bits per heavy atom. The summed E-state index contributed by atoms with van der Waals surface area (Å²) in [7, 11) is 0. The van der Waals surface area contributed by atoms with Crippen LogP contribution in [0.15, 0.2) is 28.7 Å². The molecule has 26 heavy (non-hydrogen) atoms. The molecule has 1 aromatic heterocycles. The lowest BCUT2D eigenvalue weighted by atomic mass is 10.2. The van der Waals surface area contributed by atoms with Crippen LogP contribution in [0.5, 0.6) is 0 Å². The molecular weight excluding hydrogens is 375 g/mol. The summed E-state index contributed by atoms with van der Waals surface area (Å²) in [6, 6.07) is 6.59. The second kappa shape index (κ2) is 8.50. The van der Waals surface area contributed by atoms with E-state index in [1.165, 1.54) is 4.90 Å². The molecule has 2 rings (SSSR count). The van der Waals surface area contributed by atoms with Crippen LogP contribution >= 0.6 is 11.6 Å². The molecule has 0 aliphatic carbocycles. The van der Waals surface area contributed by atoms with E-state index in [1.54, 1.807) is 38.1 Å². The number of nitrogens with zero attached hydrogens (tertiary/aromatic N) is 3. The maximum Gasteiger partial charge on any atom is 0.411 e. The summed E-state index contributed by atoms with van der Waals surface area (Å²) < 4.78 is 46.3. The Morgan fingerprint density at radius 3 is 2.62 bits per heavy atom. The van der Waals surface area contributed by atoms with Crippen molar-refractivity contribution in [3.8, 4) is 11.5 Å². The first-order valence-electron chi connectivity index (χ1n) is 7.68. The van der Waals surface area contributed by atoms with Crippen molar-refractivity contribution in [1.29, 1.82) is 0 Å². The number of carbonyl (C=O) groups excluding carboxylic acids is 1. The van der Waals surface area contributed by atoms with E-state index in [9.17, 15) is 18.0 Å². The van der Waals surface area contributed by atoms with Crippen molar-refractivity contribution in [2.24, 2.45) is 0 Å². The first kappa shape index (κ1) is 20.2. The van der Waals surface area contributed by atoms with E-state index >= 15 is 0 Å². The molecule has 1 aromatic carbocycles. The molecule has 0 fully saturated rings. The number of halogens is 4. The van der Waals surface area contributed by atoms with Crippen LogP contribution in [0, 0.1) is 0 Å². The zero-order chi connectivity index (χ0) is 19.3. The number of carbonyl (C=O) groups is 1. The number of benzene rings is 1. The highest BCUT2D eigenvalue weighted by Crippen LogP contribution is 2.26. The minimum absolute atomic E-state index is 0.0523. The molecular formula is C16H17ClF3N3O3. The molecule has 0 bridgehead atoms. The van der Waals surface area contributed by atoms with Gasteiger partial charge in [0, 0.05) is 6.04 Å². The van der Waals surface area contributed by atoms with Crippen LogP contribution in [0.1, 0.15) is 19.7 Å². The third-order valence-corrected chi connectivity index (χ3v) is 3.64. The summed E-state index contributed by atoms with van der Waals surface area (Å²) >= 11 is 6.07. The van der Waals surface area contributed by atoms with Crippen molar-refractivity contribution in [3.05, 3.63) is 35.2 Å². The Hall–Kier alpha value is -2.13. The number of aromatic nitrogens is 2. The largest absolute Gasteiger partial charge is 0.419 e. The summed E-state index contributed by atoms with van der Waals surface area (Å²) in [6.45, 7) is 1.20. The molecule has 0 N–H and O–H groups in total. The maximum atomic E-state index is 12.1. The van der Waals surface area contributed by atoms with Crippen LogP contribution in [0.3, 0.4) is 0 Å². The molecule has 0 spiro atoms. The smallest absolute Gasteiger partial charge is 0.411 e. The Kier molecular flexibility index (Phi) is 6.60. The van der Waals surface area contributed by atoms with E-state index < -0.39 is 25.3 Å². The van der Waals surface area contributed by atoms with Crippen LogP contribution in [0.25, 0.3) is 11.5 Å². The Labute approximate surface area is 152 Å². The van der Waals surface area contributed by atoms with Crippen molar-refractivity contribution in [2.75, 3.05) is 13.2 Å². The third-order valence-electron chi connectivity index (χ3n) is 3.31. The van der Waals surface area contributed by atoms with Crippen molar-refractivity contribution >= 4 is 17.5 Å². The second-order valence-corrected chi connectivity index (χ2v) is 6.11. The highest BCUT2D eigenvalue weighted by molar-refractivity contribution is 6.33. The van der Waals surface area contributed by atoms with Gasteiger partial charge < -0.3 is 14.1 Å². The monoisotopic (exact) mass is 391 g/mol. The van der Waals surface area contributed by atoms with Gasteiger partial charge in [0.25, 0.3) is 0 Å². The van der Waals surface area contributed by atoms with Gasteiger partial charge in [-0.05, 0) is 26.0 Å². The van der Waals surface area contributed by atoms with E-state index in [2.05, 4.69) is 14.9 Å². The normalized spacial score (nSPS) is 11.8. The number of alkyl halides is 3. The summed E-state index contributed by atoms with van der Waals surface area (Å²) in [5.74, 6) is -0.283. The van der Waals surface area contributed by atoms with Gasteiger partial charge in [-0.25, -0.2) is 0 Å². The Bertz CT molecular complexity index is 750. The van der Waals surface area contributed by atoms with E-state index in [1.807, 2.05) is 0 Å². The SMILES string of the molecule is CC(C)N(Cc1nnc(-c2ccccc2Cl)o1)C(=O)COCC(F)(F)F. The van der Waals surface area contributed by atoms with Gasteiger partial charge in [-0.2, -0.15) is 13.2 Å². The van der Waals surface area contributed by atoms with Crippen LogP contribution in [0.4, 0.5) is 13.2 Å². The number of amides is 1. The van der Waals surface area contributed by atoms with Crippen LogP contribution < -0.4 is 0 Å². The Morgan fingerprint density at radius 1 is 1.31 bits per heavy atom. The molecule has 0 aliphatic rings. The standard InChI is InChI=1S/C16H17ClF3N3O3/c1-10(2)23(14(24)8-25-9-16(18,19)20)7-13-21-22-15(26-13)11-5-3-4-6-12(11)17/h3-6,10H,7-9H2,1-2H3. The topological polar surface area (TPSA) is 68.5 Å². The first-order valence-corrected chi connectivity index (χ1v) is 8.06. The minimum atomic E-state index is -4.49. The average Bonchev–Trinajstić information content (AvgIpc) is 2.99. The highest BCUT2D eigenvalue weighted by atomic mass is 35.5. The molecule has 2 aromatic rings. The highest BCUT2D eigenvalue weighted by Gasteiger charge is 2.29. The van der Waals surface area contributed by atoms with Gasteiger partial charge in [0.15, 0.2) is 0 Å². The Balaban J connectivity index is 2.04. The average molecular weight is 392 g/mol. The van der Waals surface area contributed by atoms with Gasteiger partial charge in [0.1, 0.15) is 13.2 Å². The summed E-state index contributed by atoms with van der Waals surface area (Å²) in [6.07, 6.45) is -4.49. The molecule has 1 amide bonds. The van der Waals surface area contributed by atoms with E-state index in [0.29, 0.717) is 10.6 Å². The van der Waals surface area contributed by atoms with E-state index in [4.69, 9.17) is 16.0 Å². The quantitative estimate of drug-likeness (QED) is 0.719. The zero-order valence-electron chi connectivity index (χ0n) is 14.1. The molecule has 1 heterocycles. The van der Waals surface area contributed by atoms with Gasteiger partial charge in [0.05, 0.1) is 17.1 Å². The third kappa shape index (κ3) is 5.70. The lowest BCUT2D eigenvalue weighted by Crippen LogP contribution is -2.39. The molecule has 10 heteroatoms. The van der Waals surface area contributed by atoms with Crippen molar-refractivity contribution in [1.82, 2.24) is 15.1 Å². The number of hydrogen-bond donors (Lipinski definition) is 0. The first-order chi connectivity index (χ1) is 12.2. The maximum absolute atomic E-state index is 12.1. The van der Waals surface area contributed by atoms with Crippen LogP contribution in [-0.2, 0) is 16.1 Å². The molecule has 142 valence electrons. The van der Waals surface area contributed by atoms with Crippen molar-refractivity contribution in [3.63, 3.8) is 0 Å². The van der Waals surface area contributed by atoms with Gasteiger partial charge >= 0.3 is 6.18 Å². The fraction of sp³-hybridized carbons (Fsp3) is 0.438. The number of hydrogen-bond acceptors (Lipinski definition) is 5. The van der Waals surface area contributed by atoms with Crippen LogP contribution in [0.2, 0.25) is 5.02 Å². The van der Waals surface area contributed by atoms with Gasteiger partial charge in [0.2, 0.25) is 17.7 Å². The predicted molar refractivity (Wildman–Crippen MR) is 87.3 cm³/mol. The molecule has 0 saturated carbocycles. The van der Waals surface area contributed by atoms with Crippen LogP contribution in [-0.4, -0.2) is 46.4 Å². The minimum Gasteiger partial charge on any atom is -0.419 e. The van der Waals surface area contributed by atoms with E-state index in [-0.39, 0.29) is 24.4 Å². The summed E-state index contributed by atoms with van der Waals surface area (Å²) in [4.78, 5) is 13.4. The predicted octanol–water partition coefficient (Wildman–Crippen LogP) is 3.71. The van der Waals surface area contributed by atoms with Gasteiger partial charge in [-0.3, -0.25) is 4.79 Å². The van der Waals surface area contributed by atoms with Gasteiger partial charge in [-0.15, -0.1) is 10.2 Å². The fourth-order valence-electron chi connectivity index (χ4n) is 2.10. The lowest BCUT2D eigenvalue weighted by molar-refractivity contribution is -0.178. The molecule has 0 saturated heterocycles. The molecule has 0 unspecified atom stereocenters. The fourth-order valence-corrected chi connectivity index (χ4v) is 2.32. The molecule has 0 atom stereocenters. The number of ether oxygens (including phenoxy) is 1. The molecule has 0 aliphatic heterocycles. The molecule has 6 nitrogen and oxygen atoms in total. The summed E-state index contributed by atoms with van der Waals surface area (Å²) in [5, 5.41) is 8.19. The lowest BCUT2D eigenvalue weighted by Gasteiger charge is -2.25. The second-order valence-electron chi connectivity index (χ2n) is 5.70. The molecule has 0 radical (unpaired) electrons. The number of rotatable bonds is 7. The van der Waals surface area contributed by atoms with Crippen molar-refractivity contribution in [2.45, 2.75) is 32.6 Å². The van der Waals surface area contributed by atoms with Gasteiger partial charge in [-0.1, -0.05) is 23.7 Å².